The van der Waals surface area contributed by atoms with E-state index in [9.17, 15) is 8.42 Å². The first kappa shape index (κ1) is 16.9. The minimum Gasteiger partial charge on any atom is -0.492 e. The number of fused-ring (bicyclic) bond motifs is 1. The van der Waals surface area contributed by atoms with Crippen molar-refractivity contribution >= 4 is 10.0 Å². The Bertz CT molecular complexity index is 825. The maximum atomic E-state index is 12.8. The molecular weight excluding hydrogens is 336 g/mol. The van der Waals surface area contributed by atoms with E-state index in [1.807, 2.05) is 0 Å². The fraction of sp³-hybridized carbons (Fsp3) is 0.632. The number of nitrogens with zero attached hydrogens (tertiary/aromatic N) is 2. The van der Waals surface area contributed by atoms with Crippen LogP contribution in [0.15, 0.2) is 24.3 Å². The molecule has 1 aliphatic heterocycles. The van der Waals surface area contributed by atoms with E-state index < -0.39 is 10.0 Å². The van der Waals surface area contributed by atoms with Gasteiger partial charge in [0.2, 0.25) is 10.0 Å². The lowest BCUT2D eigenvalue weighted by atomic mass is 9.69. The van der Waals surface area contributed by atoms with Crippen LogP contribution in [0, 0.1) is 28.1 Å². The van der Waals surface area contributed by atoms with E-state index in [-0.39, 0.29) is 16.9 Å². The summed E-state index contributed by atoms with van der Waals surface area (Å²) in [4.78, 5) is 0. The molecule has 1 saturated heterocycles. The van der Waals surface area contributed by atoms with Crippen molar-refractivity contribution in [1.29, 1.82) is 5.26 Å². The van der Waals surface area contributed by atoms with Crippen molar-refractivity contribution in [3.05, 3.63) is 29.8 Å². The molecule has 5 nitrogen and oxygen atoms in total. The zero-order valence-corrected chi connectivity index (χ0v) is 15.6. The van der Waals surface area contributed by atoms with Gasteiger partial charge < -0.3 is 4.74 Å². The smallest absolute Gasteiger partial charge is 0.215 e. The molecule has 3 fully saturated rings. The molecule has 6 heteroatoms. The second-order valence-corrected chi connectivity index (χ2v) is 10.1. The quantitative estimate of drug-likeness (QED) is 0.828. The lowest BCUT2D eigenvalue weighted by molar-refractivity contribution is 0.108. The molecule has 1 unspecified atom stereocenters. The highest BCUT2D eigenvalue weighted by Gasteiger charge is 2.71. The van der Waals surface area contributed by atoms with Crippen LogP contribution in [0.2, 0.25) is 0 Å². The summed E-state index contributed by atoms with van der Waals surface area (Å²) in [5.41, 5.74) is 0.610. The van der Waals surface area contributed by atoms with Gasteiger partial charge in [0, 0.05) is 18.0 Å². The second-order valence-electron chi connectivity index (χ2n) is 8.22. The summed E-state index contributed by atoms with van der Waals surface area (Å²) in [5.74, 6) is 1.60. The Morgan fingerprint density at radius 3 is 2.68 bits per heavy atom. The fourth-order valence-corrected chi connectivity index (χ4v) is 8.10. The molecule has 2 aliphatic carbocycles. The normalized spacial score (nSPS) is 34.6. The molecule has 0 aromatic heterocycles. The lowest BCUT2D eigenvalue weighted by Crippen LogP contribution is -2.42. The van der Waals surface area contributed by atoms with Crippen LogP contribution in [0.4, 0.5) is 0 Å². The van der Waals surface area contributed by atoms with Crippen molar-refractivity contribution in [2.75, 3.05) is 18.9 Å². The summed E-state index contributed by atoms with van der Waals surface area (Å²) in [6, 6.07) is 9.11. The van der Waals surface area contributed by atoms with Crippen molar-refractivity contribution in [1.82, 2.24) is 4.31 Å². The van der Waals surface area contributed by atoms with E-state index in [0.29, 0.717) is 36.1 Å². The first-order chi connectivity index (χ1) is 11.8. The van der Waals surface area contributed by atoms with Gasteiger partial charge >= 0.3 is 0 Å². The maximum absolute atomic E-state index is 12.8. The third kappa shape index (κ3) is 2.32. The van der Waals surface area contributed by atoms with Gasteiger partial charge in [-0.05, 0) is 54.9 Å². The van der Waals surface area contributed by atoms with Gasteiger partial charge in [0.05, 0.1) is 17.4 Å². The SMILES string of the molecule is CC1(C)[C@@H]2CCC13CS(=O)(=O)N(CCOc1ccc(C#N)cc1)[C@H]3C2. The van der Waals surface area contributed by atoms with Gasteiger partial charge in [0.15, 0.2) is 0 Å². The molecule has 0 radical (unpaired) electrons. The average molecular weight is 360 g/mol. The number of ether oxygens (including phenoxy) is 1. The fourth-order valence-electron chi connectivity index (χ4n) is 5.55. The first-order valence-electron chi connectivity index (χ1n) is 8.93. The molecule has 3 aliphatic rings. The van der Waals surface area contributed by atoms with Crippen LogP contribution < -0.4 is 4.74 Å². The van der Waals surface area contributed by atoms with Gasteiger partial charge in [0.1, 0.15) is 12.4 Å². The Labute approximate surface area is 149 Å². The summed E-state index contributed by atoms with van der Waals surface area (Å²) < 4.78 is 33.1. The van der Waals surface area contributed by atoms with Crippen molar-refractivity contribution in [3.8, 4) is 11.8 Å². The molecule has 3 atom stereocenters. The van der Waals surface area contributed by atoms with Gasteiger partial charge in [0.25, 0.3) is 0 Å². The monoisotopic (exact) mass is 360 g/mol. The van der Waals surface area contributed by atoms with Crippen molar-refractivity contribution in [2.45, 2.75) is 39.2 Å². The lowest BCUT2D eigenvalue weighted by Gasteiger charge is -2.37. The number of hydrogen-bond acceptors (Lipinski definition) is 4. The first-order valence-corrected chi connectivity index (χ1v) is 10.5. The minimum atomic E-state index is -3.22. The van der Waals surface area contributed by atoms with E-state index in [2.05, 4.69) is 19.9 Å². The topological polar surface area (TPSA) is 70.4 Å². The van der Waals surface area contributed by atoms with Crippen molar-refractivity contribution in [3.63, 3.8) is 0 Å². The Hall–Kier alpha value is -1.58. The average Bonchev–Trinajstić information content (AvgIpc) is 3.04. The zero-order valence-electron chi connectivity index (χ0n) is 14.7. The van der Waals surface area contributed by atoms with Crippen LogP contribution in [0.25, 0.3) is 0 Å². The molecule has 1 heterocycles. The Kier molecular flexibility index (Phi) is 3.68. The molecule has 2 bridgehead atoms. The number of sulfonamides is 1. The summed E-state index contributed by atoms with van der Waals surface area (Å²) in [7, 11) is -3.22. The highest BCUT2D eigenvalue weighted by atomic mass is 32.2. The largest absolute Gasteiger partial charge is 0.492 e. The van der Waals surface area contributed by atoms with Crippen molar-refractivity contribution < 1.29 is 13.2 Å². The standard InChI is InChI=1S/C19H24N2O3S/c1-18(2)15-7-8-19(18)13-25(22,23)21(17(19)11-15)9-10-24-16-5-3-14(12-20)4-6-16/h3-6,15,17H,7-11,13H2,1-2H3/t15-,17+,19?/m1/s1. The van der Waals surface area contributed by atoms with Crippen LogP contribution in [0.1, 0.15) is 38.7 Å². The summed E-state index contributed by atoms with van der Waals surface area (Å²) in [5, 5.41) is 8.82. The molecule has 1 spiro atoms. The van der Waals surface area contributed by atoms with Crippen LogP contribution in [-0.4, -0.2) is 37.7 Å². The summed E-state index contributed by atoms with van der Waals surface area (Å²) in [6.07, 6.45) is 3.18. The second kappa shape index (κ2) is 5.46. The zero-order chi connectivity index (χ0) is 17.9. The molecule has 1 aromatic rings. The summed E-state index contributed by atoms with van der Waals surface area (Å²) in [6.45, 7) is 5.26. The highest BCUT2D eigenvalue weighted by molar-refractivity contribution is 7.89. The Balaban J connectivity index is 1.47. The summed E-state index contributed by atoms with van der Waals surface area (Å²) >= 11 is 0. The van der Waals surface area contributed by atoms with Crippen molar-refractivity contribution in [2.24, 2.45) is 16.7 Å². The third-order valence-electron chi connectivity index (χ3n) is 7.10. The number of nitriles is 1. The van der Waals surface area contributed by atoms with Gasteiger partial charge in [-0.15, -0.1) is 0 Å². The number of benzene rings is 1. The molecule has 1 aromatic carbocycles. The Morgan fingerprint density at radius 2 is 2.04 bits per heavy atom. The maximum Gasteiger partial charge on any atom is 0.215 e. The number of hydrogen-bond donors (Lipinski definition) is 0. The van der Waals surface area contributed by atoms with E-state index in [4.69, 9.17) is 10.00 Å². The van der Waals surface area contributed by atoms with Crippen LogP contribution >= 0.6 is 0 Å². The molecule has 0 amide bonds. The predicted octanol–water partition coefficient (Wildman–Crippen LogP) is 2.78. The molecule has 25 heavy (non-hydrogen) atoms. The van der Waals surface area contributed by atoms with Gasteiger partial charge in [-0.25, -0.2) is 8.42 Å². The van der Waals surface area contributed by atoms with E-state index in [1.54, 1.807) is 28.6 Å². The Morgan fingerprint density at radius 1 is 1.32 bits per heavy atom. The third-order valence-corrected chi connectivity index (χ3v) is 9.13. The minimum absolute atomic E-state index is 0.0784. The van der Waals surface area contributed by atoms with Gasteiger partial charge in [-0.1, -0.05) is 13.8 Å². The van der Waals surface area contributed by atoms with Gasteiger partial charge in [-0.2, -0.15) is 9.57 Å². The highest BCUT2D eigenvalue weighted by Crippen LogP contribution is 2.69. The molecule has 2 saturated carbocycles. The van der Waals surface area contributed by atoms with Crippen LogP contribution in [0.3, 0.4) is 0 Å². The van der Waals surface area contributed by atoms with Crippen LogP contribution in [0.5, 0.6) is 5.75 Å². The van der Waals surface area contributed by atoms with Crippen LogP contribution in [-0.2, 0) is 10.0 Å². The molecular formula is C19H24N2O3S. The van der Waals surface area contributed by atoms with Gasteiger partial charge in [-0.3, -0.25) is 0 Å². The van der Waals surface area contributed by atoms with E-state index in [0.717, 1.165) is 19.3 Å². The predicted molar refractivity (Wildman–Crippen MR) is 94.5 cm³/mol. The number of rotatable bonds is 4. The van der Waals surface area contributed by atoms with E-state index in [1.165, 1.54) is 0 Å². The molecule has 134 valence electrons. The molecule has 4 rings (SSSR count). The molecule has 0 N–H and O–H groups in total. The van der Waals surface area contributed by atoms with E-state index >= 15 is 0 Å².